The first-order valence-electron chi connectivity index (χ1n) is 15.1. The fourth-order valence-electron chi connectivity index (χ4n) is 5.72. The van der Waals surface area contributed by atoms with Gasteiger partial charge in [0.2, 0.25) is 5.91 Å². The van der Waals surface area contributed by atoms with Crippen molar-refractivity contribution in [2.24, 2.45) is 0 Å². The number of nitrogens with one attached hydrogen (secondary N) is 1. The van der Waals surface area contributed by atoms with Crippen LogP contribution in [0.25, 0.3) is 33.5 Å². The number of amides is 2. The number of nitrogens with zero attached hydrogens (tertiary/aromatic N) is 4. The molecule has 3 heterocycles. The van der Waals surface area contributed by atoms with Gasteiger partial charge in [-0.1, -0.05) is 62.4 Å². The zero-order valence-electron chi connectivity index (χ0n) is 24.8. The number of hydrogen-bond donors (Lipinski definition) is 1. The van der Waals surface area contributed by atoms with Crippen molar-refractivity contribution in [2.75, 3.05) is 56.0 Å². The van der Waals surface area contributed by atoms with Crippen LogP contribution in [-0.2, 0) is 9.59 Å². The lowest BCUT2D eigenvalue weighted by Crippen LogP contribution is -2.49. The summed E-state index contributed by atoms with van der Waals surface area (Å²) in [6.45, 7) is 10.2. The first kappa shape index (κ1) is 28.8. The molecule has 0 atom stereocenters. The van der Waals surface area contributed by atoms with Crippen LogP contribution in [0, 0.1) is 0 Å². The Kier molecular flexibility index (Phi) is 8.67. The molecule has 7 nitrogen and oxygen atoms in total. The summed E-state index contributed by atoms with van der Waals surface area (Å²) in [5.74, 6) is 0.152. The van der Waals surface area contributed by atoms with Gasteiger partial charge in [-0.25, -0.2) is 4.98 Å². The Morgan fingerprint density at radius 2 is 1.70 bits per heavy atom. The molecule has 1 saturated heterocycles. The van der Waals surface area contributed by atoms with Crippen molar-refractivity contribution in [3.8, 4) is 21.8 Å². The van der Waals surface area contributed by atoms with Crippen LogP contribution in [0.4, 0.5) is 11.4 Å². The van der Waals surface area contributed by atoms with Gasteiger partial charge in [-0.15, -0.1) is 11.3 Å². The molecule has 1 N–H and O–H groups in total. The normalized spacial score (nSPS) is 15.7. The molecule has 0 unspecified atom stereocenters. The molecule has 6 rings (SSSR count). The average molecular weight is 592 g/mol. The van der Waals surface area contributed by atoms with Crippen LogP contribution in [0.5, 0.6) is 0 Å². The van der Waals surface area contributed by atoms with Crippen molar-refractivity contribution < 1.29 is 9.59 Å². The topological polar surface area (TPSA) is 68.8 Å². The largest absolute Gasteiger partial charge is 0.368 e. The smallest absolute Gasteiger partial charge is 0.256 e. The molecule has 0 radical (unpaired) electrons. The van der Waals surface area contributed by atoms with Gasteiger partial charge < -0.3 is 20.0 Å². The maximum Gasteiger partial charge on any atom is 0.256 e. The van der Waals surface area contributed by atoms with E-state index in [0.29, 0.717) is 12.0 Å². The number of benzene rings is 3. The number of fused-ring (bicyclic) bond motifs is 1. The van der Waals surface area contributed by atoms with Gasteiger partial charge in [-0.2, -0.15) is 0 Å². The predicted octanol–water partition coefficient (Wildman–Crippen LogP) is 6.35. The first-order valence-corrected chi connectivity index (χ1v) is 15.9. The Labute approximate surface area is 257 Å². The minimum Gasteiger partial charge on any atom is -0.368 e. The molecule has 3 aromatic carbocycles. The molecule has 2 amide bonds. The molecular formula is C35H37N5O2S. The first-order chi connectivity index (χ1) is 21.0. The standard InChI is InChI=1S/C35H37N5O2S/c1-3-38(4-2)17-16-33(41)40-20-18-39(19-21-40)28-13-10-25(11-14-28)22-30-29-23-27(12-15-31(29)36-34(30)42)32-24-43-35(37-32)26-8-6-5-7-9-26/h5-15,22-24H,3-4,16-21H2,1-2H3,(H,36,42)/b30-22-. The highest BCUT2D eigenvalue weighted by Gasteiger charge is 2.25. The number of thiazole rings is 1. The third kappa shape index (κ3) is 6.40. The van der Waals surface area contributed by atoms with Gasteiger partial charge in [-0.3, -0.25) is 9.59 Å². The highest BCUT2D eigenvalue weighted by Crippen LogP contribution is 2.37. The van der Waals surface area contributed by atoms with Crippen LogP contribution >= 0.6 is 11.3 Å². The van der Waals surface area contributed by atoms with Crippen molar-refractivity contribution in [3.63, 3.8) is 0 Å². The van der Waals surface area contributed by atoms with Gasteiger partial charge in [0, 0.05) is 78.2 Å². The zero-order chi connectivity index (χ0) is 29.8. The molecular weight excluding hydrogens is 554 g/mol. The second-order valence-corrected chi connectivity index (χ2v) is 11.8. The summed E-state index contributed by atoms with van der Waals surface area (Å²) in [5.41, 5.74) is 7.45. The van der Waals surface area contributed by atoms with E-state index in [0.717, 1.165) is 90.1 Å². The summed E-state index contributed by atoms with van der Waals surface area (Å²) in [7, 11) is 0. The number of piperazine rings is 1. The van der Waals surface area contributed by atoms with Crippen molar-refractivity contribution in [1.82, 2.24) is 14.8 Å². The highest BCUT2D eigenvalue weighted by molar-refractivity contribution is 7.13. The van der Waals surface area contributed by atoms with Gasteiger partial charge >= 0.3 is 0 Å². The van der Waals surface area contributed by atoms with E-state index in [1.165, 1.54) is 0 Å². The Hall–Kier alpha value is -4.27. The number of anilines is 2. The molecule has 2 aliphatic rings. The zero-order valence-corrected chi connectivity index (χ0v) is 25.6. The van der Waals surface area contributed by atoms with E-state index >= 15 is 0 Å². The van der Waals surface area contributed by atoms with Crippen molar-refractivity contribution >= 4 is 46.2 Å². The number of carbonyl (C=O) groups excluding carboxylic acids is 2. The maximum absolute atomic E-state index is 13.0. The lowest BCUT2D eigenvalue weighted by molar-refractivity contribution is -0.131. The number of rotatable bonds is 9. The van der Waals surface area contributed by atoms with E-state index in [-0.39, 0.29) is 11.8 Å². The SMILES string of the molecule is CCN(CC)CCC(=O)N1CCN(c2ccc(/C=C3\C(=O)Nc4ccc(-c5csc(-c6ccccc6)n5)cc43)cc2)CC1. The summed E-state index contributed by atoms with van der Waals surface area (Å²) in [6, 6.07) is 24.5. The average Bonchev–Trinajstić information content (AvgIpc) is 3.67. The molecule has 0 spiro atoms. The molecule has 1 aromatic heterocycles. The van der Waals surface area contributed by atoms with Gasteiger partial charge in [0.05, 0.1) is 5.69 Å². The van der Waals surface area contributed by atoms with Gasteiger partial charge in [0.15, 0.2) is 0 Å². The van der Waals surface area contributed by atoms with E-state index in [1.54, 1.807) is 11.3 Å². The molecule has 0 saturated carbocycles. The van der Waals surface area contributed by atoms with Crippen LogP contribution in [0.15, 0.2) is 78.2 Å². The number of hydrogen-bond acceptors (Lipinski definition) is 6. The van der Waals surface area contributed by atoms with Crippen LogP contribution in [0.2, 0.25) is 0 Å². The van der Waals surface area contributed by atoms with Crippen LogP contribution in [0.1, 0.15) is 31.4 Å². The molecule has 2 aliphatic heterocycles. The van der Waals surface area contributed by atoms with Gasteiger partial charge in [0.25, 0.3) is 5.91 Å². The van der Waals surface area contributed by atoms with Crippen LogP contribution < -0.4 is 10.2 Å². The van der Waals surface area contributed by atoms with E-state index in [9.17, 15) is 9.59 Å². The van der Waals surface area contributed by atoms with E-state index in [1.807, 2.05) is 41.3 Å². The van der Waals surface area contributed by atoms with Gasteiger partial charge in [0.1, 0.15) is 5.01 Å². The lowest BCUT2D eigenvalue weighted by Gasteiger charge is -2.36. The molecule has 0 bridgehead atoms. The molecule has 0 aliphatic carbocycles. The Morgan fingerprint density at radius 3 is 2.42 bits per heavy atom. The summed E-state index contributed by atoms with van der Waals surface area (Å²) in [4.78, 5) is 37.1. The molecule has 220 valence electrons. The van der Waals surface area contributed by atoms with E-state index < -0.39 is 0 Å². The fraction of sp³-hybridized carbons (Fsp3) is 0.286. The second-order valence-electron chi connectivity index (χ2n) is 10.9. The summed E-state index contributed by atoms with van der Waals surface area (Å²) in [6.07, 6.45) is 2.54. The fourth-order valence-corrected chi connectivity index (χ4v) is 6.56. The summed E-state index contributed by atoms with van der Waals surface area (Å²) >= 11 is 1.62. The minimum atomic E-state index is -0.0961. The number of carbonyl (C=O) groups is 2. The Morgan fingerprint density at radius 1 is 0.953 bits per heavy atom. The maximum atomic E-state index is 13.0. The predicted molar refractivity (Wildman–Crippen MR) is 177 cm³/mol. The molecule has 43 heavy (non-hydrogen) atoms. The minimum absolute atomic E-state index is 0.0961. The van der Waals surface area contributed by atoms with Crippen molar-refractivity contribution in [2.45, 2.75) is 20.3 Å². The van der Waals surface area contributed by atoms with Crippen molar-refractivity contribution in [1.29, 1.82) is 0 Å². The van der Waals surface area contributed by atoms with Crippen molar-refractivity contribution in [3.05, 3.63) is 89.3 Å². The lowest BCUT2D eigenvalue weighted by atomic mass is 10.0. The van der Waals surface area contributed by atoms with E-state index in [2.05, 4.69) is 76.8 Å². The third-order valence-electron chi connectivity index (χ3n) is 8.36. The monoisotopic (exact) mass is 591 g/mol. The molecule has 8 heteroatoms. The quantitative estimate of drug-likeness (QED) is 0.230. The molecule has 4 aromatic rings. The number of aromatic nitrogens is 1. The Bertz CT molecular complexity index is 1620. The van der Waals surface area contributed by atoms with Gasteiger partial charge in [-0.05, 0) is 49.0 Å². The third-order valence-corrected chi connectivity index (χ3v) is 9.25. The second kappa shape index (κ2) is 12.9. The highest BCUT2D eigenvalue weighted by atomic mass is 32.1. The van der Waals surface area contributed by atoms with E-state index in [4.69, 9.17) is 4.98 Å². The van der Waals surface area contributed by atoms with Crippen LogP contribution in [0.3, 0.4) is 0 Å². The Balaban J connectivity index is 1.12. The summed E-state index contributed by atoms with van der Waals surface area (Å²) in [5, 5.41) is 6.05. The van der Waals surface area contributed by atoms with Crippen LogP contribution in [-0.4, -0.2) is 72.4 Å². The summed E-state index contributed by atoms with van der Waals surface area (Å²) < 4.78 is 0. The molecule has 1 fully saturated rings.